The van der Waals surface area contributed by atoms with Crippen LogP contribution in [-0.4, -0.2) is 17.5 Å². The lowest BCUT2D eigenvalue weighted by Crippen LogP contribution is -2.24. The highest BCUT2D eigenvalue weighted by Gasteiger charge is 2.39. The van der Waals surface area contributed by atoms with Gasteiger partial charge in [-0.15, -0.1) is 0 Å². The zero-order valence-electron chi connectivity index (χ0n) is 8.24. The fourth-order valence-corrected chi connectivity index (χ4v) is 3.33. The third kappa shape index (κ3) is 1.89. The van der Waals surface area contributed by atoms with Crippen molar-refractivity contribution in [2.75, 3.05) is 7.11 Å². The number of carbonyl (C=O) groups is 1. The Labute approximate surface area is 113 Å². The van der Waals surface area contributed by atoms with Gasteiger partial charge >= 0.3 is 5.97 Å². The van der Waals surface area contributed by atoms with Crippen molar-refractivity contribution in [2.45, 2.75) is 3.23 Å². The van der Waals surface area contributed by atoms with Gasteiger partial charge in [0.2, 0.25) is 3.23 Å². The fourth-order valence-electron chi connectivity index (χ4n) is 1.34. The van der Waals surface area contributed by atoms with Gasteiger partial charge in [-0.3, -0.25) is 0 Å². The third-order valence-corrected chi connectivity index (χ3v) is 4.34. The standard InChI is InChI=1S/C10H7Br2NO2S/c1-15-9(14)10(11,12)8-6-4-2-3-5-7(6)16-13-8/h2-5H,1H3. The molecular weight excluding hydrogens is 358 g/mol. The van der Waals surface area contributed by atoms with Crippen LogP contribution < -0.4 is 0 Å². The Kier molecular flexibility index (Phi) is 3.32. The number of aromatic nitrogens is 1. The van der Waals surface area contributed by atoms with Crippen LogP contribution >= 0.6 is 43.4 Å². The fraction of sp³-hybridized carbons (Fsp3) is 0.200. The maximum atomic E-state index is 11.6. The summed E-state index contributed by atoms with van der Waals surface area (Å²) in [4.78, 5) is 11.6. The smallest absolute Gasteiger partial charge is 0.339 e. The molecule has 0 aliphatic carbocycles. The number of hydrogen-bond acceptors (Lipinski definition) is 4. The number of rotatable bonds is 2. The molecule has 0 unspecified atom stereocenters. The Morgan fingerprint density at radius 1 is 1.44 bits per heavy atom. The summed E-state index contributed by atoms with van der Waals surface area (Å²) in [6.45, 7) is 0. The number of alkyl halides is 2. The molecule has 0 saturated heterocycles. The highest BCUT2D eigenvalue weighted by molar-refractivity contribution is 9.25. The highest BCUT2D eigenvalue weighted by atomic mass is 79.9. The summed E-state index contributed by atoms with van der Waals surface area (Å²) in [5.74, 6) is -0.427. The molecular formula is C10H7Br2NO2S. The van der Waals surface area contributed by atoms with Crippen LogP contribution in [0, 0.1) is 0 Å². The summed E-state index contributed by atoms with van der Waals surface area (Å²) < 4.78 is 8.96. The molecule has 6 heteroatoms. The topological polar surface area (TPSA) is 39.2 Å². The van der Waals surface area contributed by atoms with E-state index in [0.29, 0.717) is 5.69 Å². The van der Waals surface area contributed by atoms with E-state index in [9.17, 15) is 4.79 Å². The van der Waals surface area contributed by atoms with Crippen LogP contribution in [-0.2, 0) is 12.8 Å². The van der Waals surface area contributed by atoms with Gasteiger partial charge in [-0.05, 0) is 17.6 Å². The average molecular weight is 365 g/mol. The van der Waals surface area contributed by atoms with Crippen LogP contribution in [0.25, 0.3) is 10.1 Å². The number of methoxy groups -OCH3 is 1. The number of halogens is 2. The minimum atomic E-state index is -1.08. The molecule has 1 heterocycles. The molecule has 2 rings (SSSR count). The second-order valence-corrected chi connectivity index (χ2v) is 7.34. The molecule has 1 aromatic carbocycles. The van der Waals surface area contributed by atoms with Crippen molar-refractivity contribution in [3.8, 4) is 0 Å². The van der Waals surface area contributed by atoms with Crippen LogP contribution in [0.1, 0.15) is 5.69 Å². The molecule has 0 atom stereocenters. The largest absolute Gasteiger partial charge is 0.467 e. The van der Waals surface area contributed by atoms with Gasteiger partial charge < -0.3 is 4.74 Å². The first-order chi connectivity index (χ1) is 7.57. The van der Waals surface area contributed by atoms with Crippen molar-refractivity contribution < 1.29 is 9.53 Å². The number of nitrogens with zero attached hydrogens (tertiary/aromatic N) is 1. The molecule has 84 valence electrons. The van der Waals surface area contributed by atoms with Crippen LogP contribution in [0.2, 0.25) is 0 Å². The molecule has 1 aromatic heterocycles. The van der Waals surface area contributed by atoms with Gasteiger partial charge in [-0.25, -0.2) is 4.79 Å². The lowest BCUT2D eigenvalue weighted by atomic mass is 10.2. The Morgan fingerprint density at radius 3 is 2.81 bits per heavy atom. The van der Waals surface area contributed by atoms with Crippen molar-refractivity contribution in [1.29, 1.82) is 0 Å². The Bertz CT molecular complexity index is 538. The van der Waals surface area contributed by atoms with Gasteiger partial charge in [0.15, 0.2) is 0 Å². The normalized spacial score (nSPS) is 11.7. The van der Waals surface area contributed by atoms with Crippen molar-refractivity contribution in [2.24, 2.45) is 0 Å². The molecule has 0 saturated carbocycles. The molecule has 3 nitrogen and oxygen atoms in total. The third-order valence-electron chi connectivity index (χ3n) is 2.12. The lowest BCUT2D eigenvalue weighted by molar-refractivity contribution is -0.140. The average Bonchev–Trinajstić information content (AvgIpc) is 2.72. The SMILES string of the molecule is COC(=O)C(Br)(Br)c1nsc2ccccc12. The van der Waals surface area contributed by atoms with Gasteiger partial charge in [0, 0.05) is 5.39 Å². The van der Waals surface area contributed by atoms with Crippen LogP contribution in [0.15, 0.2) is 24.3 Å². The molecule has 0 aliphatic heterocycles. The van der Waals surface area contributed by atoms with Crippen LogP contribution in [0.3, 0.4) is 0 Å². The van der Waals surface area contributed by atoms with Crippen LogP contribution in [0.5, 0.6) is 0 Å². The Hall–Kier alpha value is -0.460. The second-order valence-electron chi connectivity index (χ2n) is 3.09. The predicted octanol–water partition coefficient (Wildman–Crippen LogP) is 3.41. The van der Waals surface area contributed by atoms with Crippen molar-refractivity contribution in [3.63, 3.8) is 0 Å². The molecule has 0 bridgehead atoms. The molecule has 0 fully saturated rings. The number of benzene rings is 1. The minimum Gasteiger partial charge on any atom is -0.467 e. The van der Waals surface area contributed by atoms with E-state index < -0.39 is 9.20 Å². The minimum absolute atomic E-state index is 0.427. The zero-order chi connectivity index (χ0) is 11.8. The molecule has 0 aliphatic rings. The lowest BCUT2D eigenvalue weighted by Gasteiger charge is -2.15. The predicted molar refractivity (Wildman–Crippen MR) is 71.2 cm³/mol. The summed E-state index contributed by atoms with van der Waals surface area (Å²) >= 11 is 7.96. The molecule has 0 radical (unpaired) electrons. The molecule has 0 amide bonds. The van der Waals surface area contributed by atoms with E-state index in [0.717, 1.165) is 10.1 Å². The maximum absolute atomic E-state index is 11.6. The maximum Gasteiger partial charge on any atom is 0.339 e. The quantitative estimate of drug-likeness (QED) is 0.605. The van der Waals surface area contributed by atoms with E-state index >= 15 is 0 Å². The summed E-state index contributed by atoms with van der Waals surface area (Å²) in [5, 5.41) is 0.937. The Balaban J connectivity index is 2.59. The first kappa shape index (κ1) is 12.0. The van der Waals surface area contributed by atoms with E-state index in [4.69, 9.17) is 4.74 Å². The number of esters is 1. The van der Waals surface area contributed by atoms with E-state index in [-0.39, 0.29) is 0 Å². The summed E-state index contributed by atoms with van der Waals surface area (Å²) in [5.41, 5.74) is 0.625. The van der Waals surface area contributed by atoms with Gasteiger partial charge in [0.1, 0.15) is 5.69 Å². The molecule has 16 heavy (non-hydrogen) atoms. The monoisotopic (exact) mass is 363 g/mol. The summed E-state index contributed by atoms with van der Waals surface area (Å²) in [7, 11) is 1.34. The number of ether oxygens (including phenoxy) is 1. The van der Waals surface area contributed by atoms with Crippen molar-refractivity contribution in [3.05, 3.63) is 30.0 Å². The Morgan fingerprint density at radius 2 is 2.12 bits per heavy atom. The molecule has 2 aromatic rings. The number of hydrogen-bond donors (Lipinski definition) is 0. The van der Waals surface area contributed by atoms with E-state index in [2.05, 4.69) is 36.2 Å². The van der Waals surface area contributed by atoms with E-state index in [1.165, 1.54) is 18.6 Å². The number of fused-ring (bicyclic) bond motifs is 1. The zero-order valence-corrected chi connectivity index (χ0v) is 12.2. The first-order valence-electron chi connectivity index (χ1n) is 4.38. The second kappa shape index (κ2) is 4.43. The first-order valence-corrected chi connectivity index (χ1v) is 6.74. The van der Waals surface area contributed by atoms with Gasteiger partial charge in [-0.1, -0.05) is 50.1 Å². The highest BCUT2D eigenvalue weighted by Crippen LogP contribution is 2.42. The number of carbonyl (C=O) groups excluding carboxylic acids is 1. The van der Waals surface area contributed by atoms with E-state index in [1.807, 2.05) is 24.3 Å². The summed E-state index contributed by atoms with van der Waals surface area (Å²) in [6, 6.07) is 7.73. The van der Waals surface area contributed by atoms with E-state index in [1.54, 1.807) is 0 Å². The van der Waals surface area contributed by atoms with Gasteiger partial charge in [0.05, 0.1) is 11.8 Å². The van der Waals surface area contributed by atoms with Crippen molar-refractivity contribution in [1.82, 2.24) is 4.37 Å². The van der Waals surface area contributed by atoms with Crippen molar-refractivity contribution >= 4 is 59.4 Å². The molecule has 0 spiro atoms. The molecule has 0 N–H and O–H groups in total. The van der Waals surface area contributed by atoms with Gasteiger partial charge in [-0.2, -0.15) is 4.37 Å². The summed E-state index contributed by atoms with van der Waals surface area (Å²) in [6.07, 6.45) is 0. The van der Waals surface area contributed by atoms with Crippen LogP contribution in [0.4, 0.5) is 0 Å². The van der Waals surface area contributed by atoms with Gasteiger partial charge in [0.25, 0.3) is 0 Å².